The largest absolute Gasteiger partial charge is 0.345 e. The van der Waals surface area contributed by atoms with E-state index in [0.29, 0.717) is 12.3 Å². The van der Waals surface area contributed by atoms with Gasteiger partial charge in [-0.25, -0.2) is 0 Å². The minimum atomic E-state index is -0.659. The zero-order chi connectivity index (χ0) is 11.0. The lowest BCUT2D eigenvalue weighted by Crippen LogP contribution is -2.34. The van der Waals surface area contributed by atoms with Gasteiger partial charge in [0.05, 0.1) is 6.54 Å². The van der Waals surface area contributed by atoms with Crippen LogP contribution in [0.15, 0.2) is 5.11 Å². The molecule has 0 spiro atoms. The molecule has 1 N–H and O–H groups in total. The summed E-state index contributed by atoms with van der Waals surface area (Å²) in [5.41, 5.74) is 8.26. The lowest BCUT2D eigenvalue weighted by Gasteiger charge is -2.12. The molecule has 0 saturated carbocycles. The van der Waals surface area contributed by atoms with Gasteiger partial charge in [-0.3, -0.25) is 4.79 Å². The Labute approximate surface area is 83.5 Å². The molecule has 5 nitrogen and oxygen atoms in total. The molecule has 0 heterocycles. The Bertz CT molecular complexity index is 273. The molecule has 0 aromatic carbocycles. The number of nitrogens with one attached hydrogen (secondary N) is 1. The predicted molar refractivity (Wildman–Crippen MR) is 54.2 cm³/mol. The molecule has 5 heteroatoms. The average Bonchev–Trinajstić information content (AvgIpc) is 2.13. The maximum Gasteiger partial charge on any atom is 0.229 e. The summed E-state index contributed by atoms with van der Waals surface area (Å²) >= 11 is 0. The molecular weight excluding hydrogens is 180 g/mol. The number of terminal acetylenes is 1. The van der Waals surface area contributed by atoms with E-state index in [1.54, 1.807) is 0 Å². The van der Waals surface area contributed by atoms with E-state index in [2.05, 4.69) is 21.3 Å². The van der Waals surface area contributed by atoms with E-state index in [1.807, 2.05) is 13.8 Å². The number of hydrogen-bond acceptors (Lipinski definition) is 2. The zero-order valence-corrected chi connectivity index (χ0v) is 8.40. The van der Waals surface area contributed by atoms with Crippen LogP contribution < -0.4 is 5.32 Å². The lowest BCUT2D eigenvalue weighted by atomic mass is 10.0. The second-order valence-corrected chi connectivity index (χ2v) is 3.27. The molecule has 0 aromatic rings. The normalized spacial score (nSPS) is 11.3. The topological polar surface area (TPSA) is 77.9 Å². The van der Waals surface area contributed by atoms with Crippen molar-refractivity contribution in [3.05, 3.63) is 10.4 Å². The Morgan fingerprint density at radius 2 is 2.36 bits per heavy atom. The number of azide groups is 1. The molecule has 0 fully saturated rings. The van der Waals surface area contributed by atoms with Crippen LogP contribution in [0.2, 0.25) is 0 Å². The summed E-state index contributed by atoms with van der Waals surface area (Å²) in [7, 11) is 0. The molecule has 0 aromatic heterocycles. The molecule has 0 rings (SSSR count). The molecule has 1 atom stereocenters. The summed E-state index contributed by atoms with van der Waals surface area (Å²) in [5, 5.41) is 5.90. The quantitative estimate of drug-likeness (QED) is 0.306. The van der Waals surface area contributed by atoms with Gasteiger partial charge in [0.25, 0.3) is 0 Å². The van der Waals surface area contributed by atoms with Crippen molar-refractivity contribution < 1.29 is 4.79 Å². The molecule has 0 aliphatic heterocycles. The van der Waals surface area contributed by atoms with Gasteiger partial charge in [-0.1, -0.05) is 24.9 Å². The van der Waals surface area contributed by atoms with Crippen molar-refractivity contribution in [1.29, 1.82) is 0 Å². The van der Waals surface area contributed by atoms with E-state index >= 15 is 0 Å². The van der Waals surface area contributed by atoms with Crippen molar-refractivity contribution in [2.24, 2.45) is 11.0 Å². The maximum atomic E-state index is 11.4. The van der Waals surface area contributed by atoms with Crippen molar-refractivity contribution in [3.63, 3.8) is 0 Å². The van der Waals surface area contributed by atoms with Gasteiger partial charge in [-0.15, -0.1) is 6.42 Å². The van der Waals surface area contributed by atoms with Crippen molar-refractivity contribution in [2.75, 3.05) is 6.54 Å². The van der Waals surface area contributed by atoms with Gasteiger partial charge in [-0.05, 0) is 17.9 Å². The zero-order valence-electron chi connectivity index (χ0n) is 8.40. The number of carbonyl (C=O) groups excluding carboxylic acids is 1. The first-order valence-corrected chi connectivity index (χ1v) is 4.37. The van der Waals surface area contributed by atoms with Crippen molar-refractivity contribution >= 4 is 5.91 Å². The fraction of sp³-hybridized carbons (Fsp3) is 0.667. The number of nitrogens with zero attached hydrogens (tertiary/aromatic N) is 3. The van der Waals surface area contributed by atoms with Crippen LogP contribution in [0, 0.1) is 18.3 Å². The highest BCUT2D eigenvalue weighted by Gasteiger charge is 2.17. The van der Waals surface area contributed by atoms with Crippen molar-refractivity contribution in [2.45, 2.75) is 26.3 Å². The van der Waals surface area contributed by atoms with E-state index in [4.69, 9.17) is 12.0 Å². The third-order valence-electron chi connectivity index (χ3n) is 1.55. The highest BCUT2D eigenvalue weighted by molar-refractivity contribution is 5.82. The molecule has 0 bridgehead atoms. The Kier molecular flexibility index (Phi) is 6.01. The summed E-state index contributed by atoms with van der Waals surface area (Å²) in [5.74, 6) is 2.27. The van der Waals surface area contributed by atoms with Crippen LogP contribution in [0.5, 0.6) is 0 Å². The first kappa shape index (κ1) is 12.3. The highest BCUT2D eigenvalue weighted by atomic mass is 16.2. The second-order valence-electron chi connectivity index (χ2n) is 3.27. The monoisotopic (exact) mass is 194 g/mol. The number of carbonyl (C=O) groups is 1. The predicted octanol–water partition coefficient (Wildman–Crippen LogP) is 1.46. The molecule has 1 amide bonds. The van der Waals surface area contributed by atoms with Crippen LogP contribution in [0.1, 0.15) is 20.3 Å². The van der Waals surface area contributed by atoms with E-state index in [1.165, 1.54) is 0 Å². The van der Waals surface area contributed by atoms with Crippen LogP contribution in [-0.4, -0.2) is 18.5 Å². The van der Waals surface area contributed by atoms with E-state index in [9.17, 15) is 4.79 Å². The van der Waals surface area contributed by atoms with Crippen LogP contribution in [0.3, 0.4) is 0 Å². The van der Waals surface area contributed by atoms with E-state index in [0.717, 1.165) is 0 Å². The fourth-order valence-electron chi connectivity index (χ4n) is 0.971. The van der Waals surface area contributed by atoms with Crippen LogP contribution in [0.4, 0.5) is 0 Å². The summed E-state index contributed by atoms with van der Waals surface area (Å²) in [6, 6.07) is -0.659. The first-order chi connectivity index (χ1) is 6.61. The summed E-state index contributed by atoms with van der Waals surface area (Å²) in [6.45, 7) is 4.07. The summed E-state index contributed by atoms with van der Waals surface area (Å²) in [4.78, 5) is 14.0. The van der Waals surface area contributed by atoms with Gasteiger partial charge < -0.3 is 5.32 Å². The highest BCUT2D eigenvalue weighted by Crippen LogP contribution is 2.08. The second kappa shape index (κ2) is 6.81. The van der Waals surface area contributed by atoms with Gasteiger partial charge in [0.15, 0.2) is 0 Å². The Hall–Kier alpha value is -1.66. The Balaban J connectivity index is 4.27. The Morgan fingerprint density at radius 1 is 1.71 bits per heavy atom. The molecular formula is C9H14N4O. The average molecular weight is 194 g/mol. The summed E-state index contributed by atoms with van der Waals surface area (Å²) < 4.78 is 0. The standard InChI is InChI=1S/C9H14N4O/c1-4-5-11-9(14)8(12-13-10)6-7(2)3/h1,7-8H,5-6H2,2-3H3,(H,11,14)/t8-/m0/s1. The third-order valence-corrected chi connectivity index (χ3v) is 1.55. The molecule has 0 aliphatic rings. The van der Waals surface area contributed by atoms with E-state index < -0.39 is 6.04 Å². The lowest BCUT2D eigenvalue weighted by molar-refractivity contribution is -0.122. The van der Waals surface area contributed by atoms with Gasteiger partial charge >= 0.3 is 0 Å². The van der Waals surface area contributed by atoms with Crippen LogP contribution in [0.25, 0.3) is 10.4 Å². The SMILES string of the molecule is C#CCNC(=O)[C@H](CC(C)C)N=[N+]=[N-]. The van der Waals surface area contributed by atoms with Crippen molar-refractivity contribution in [3.8, 4) is 12.3 Å². The van der Waals surface area contributed by atoms with Crippen LogP contribution >= 0.6 is 0 Å². The number of amides is 1. The first-order valence-electron chi connectivity index (χ1n) is 4.37. The number of hydrogen-bond donors (Lipinski definition) is 1. The minimum Gasteiger partial charge on any atom is -0.345 e. The van der Waals surface area contributed by atoms with Crippen molar-refractivity contribution in [1.82, 2.24) is 5.32 Å². The molecule has 0 radical (unpaired) electrons. The molecule has 0 unspecified atom stereocenters. The molecule has 0 aliphatic carbocycles. The number of rotatable bonds is 5. The van der Waals surface area contributed by atoms with Gasteiger partial charge in [0.1, 0.15) is 6.04 Å². The van der Waals surface area contributed by atoms with Gasteiger partial charge in [-0.2, -0.15) is 0 Å². The maximum absolute atomic E-state index is 11.4. The van der Waals surface area contributed by atoms with E-state index in [-0.39, 0.29) is 12.5 Å². The summed E-state index contributed by atoms with van der Waals surface area (Å²) in [6.07, 6.45) is 5.51. The fourth-order valence-corrected chi connectivity index (χ4v) is 0.971. The van der Waals surface area contributed by atoms with Gasteiger partial charge in [0, 0.05) is 4.91 Å². The minimum absolute atomic E-state index is 0.161. The molecule has 14 heavy (non-hydrogen) atoms. The molecule has 76 valence electrons. The Morgan fingerprint density at radius 3 is 2.79 bits per heavy atom. The third kappa shape index (κ3) is 5.07. The van der Waals surface area contributed by atoms with Crippen LogP contribution in [-0.2, 0) is 4.79 Å². The van der Waals surface area contributed by atoms with Gasteiger partial charge in [0.2, 0.25) is 5.91 Å². The molecule has 0 saturated heterocycles. The smallest absolute Gasteiger partial charge is 0.229 e.